The molecule has 1 aromatic rings. The van der Waals surface area contributed by atoms with Gasteiger partial charge in [-0.1, -0.05) is 12.8 Å². The van der Waals surface area contributed by atoms with Gasteiger partial charge in [0.2, 0.25) is 5.91 Å². The highest BCUT2D eigenvalue weighted by Gasteiger charge is 2.52. The number of benzene rings is 1. The van der Waals surface area contributed by atoms with E-state index in [0.29, 0.717) is 18.5 Å². The van der Waals surface area contributed by atoms with Crippen LogP contribution in [-0.4, -0.2) is 48.9 Å². The Morgan fingerprint density at radius 1 is 1.21 bits per heavy atom. The topological polar surface area (TPSA) is 81.8 Å². The number of rotatable bonds is 4. The first-order chi connectivity index (χ1) is 11.4. The largest absolute Gasteiger partial charge is 0.378 e. The van der Waals surface area contributed by atoms with Crippen LogP contribution in [0.3, 0.4) is 0 Å². The van der Waals surface area contributed by atoms with E-state index in [0.717, 1.165) is 23.4 Å². The lowest BCUT2D eigenvalue weighted by atomic mass is 9.98. The first-order valence-electron chi connectivity index (χ1n) is 8.13. The molecule has 1 heterocycles. The van der Waals surface area contributed by atoms with Crippen molar-refractivity contribution in [3.8, 4) is 0 Å². The average molecular weight is 330 g/mol. The molecule has 4 amide bonds. The van der Waals surface area contributed by atoms with Crippen LogP contribution in [0.2, 0.25) is 0 Å². The summed E-state index contributed by atoms with van der Waals surface area (Å²) >= 11 is 0. The van der Waals surface area contributed by atoms with Gasteiger partial charge < -0.3 is 15.5 Å². The van der Waals surface area contributed by atoms with Crippen molar-refractivity contribution in [1.29, 1.82) is 0 Å². The molecule has 1 aliphatic carbocycles. The molecular formula is C17H22N4O3. The Labute approximate surface area is 141 Å². The maximum Gasteiger partial charge on any atom is 0.325 e. The molecule has 0 atom stereocenters. The van der Waals surface area contributed by atoms with E-state index >= 15 is 0 Å². The molecular weight excluding hydrogens is 308 g/mol. The monoisotopic (exact) mass is 330 g/mol. The van der Waals surface area contributed by atoms with Gasteiger partial charge in [-0.25, -0.2) is 4.79 Å². The molecule has 3 rings (SSSR count). The molecule has 1 aromatic carbocycles. The van der Waals surface area contributed by atoms with Crippen LogP contribution in [0.15, 0.2) is 24.3 Å². The first-order valence-corrected chi connectivity index (χ1v) is 8.13. The van der Waals surface area contributed by atoms with Crippen LogP contribution < -0.4 is 15.5 Å². The van der Waals surface area contributed by atoms with Crippen LogP contribution in [-0.2, 0) is 9.59 Å². The third-order valence-corrected chi connectivity index (χ3v) is 4.67. The fourth-order valence-corrected chi connectivity index (χ4v) is 3.32. The zero-order valence-corrected chi connectivity index (χ0v) is 14.0. The molecule has 2 fully saturated rings. The molecule has 0 unspecified atom stereocenters. The van der Waals surface area contributed by atoms with Crippen LogP contribution in [0.4, 0.5) is 16.2 Å². The van der Waals surface area contributed by atoms with Crippen molar-refractivity contribution in [1.82, 2.24) is 10.2 Å². The highest BCUT2D eigenvalue weighted by molar-refractivity contribution is 6.10. The molecule has 24 heavy (non-hydrogen) atoms. The maximum atomic E-state index is 12.5. The summed E-state index contributed by atoms with van der Waals surface area (Å²) in [6, 6.07) is 6.88. The zero-order valence-electron chi connectivity index (χ0n) is 14.0. The summed E-state index contributed by atoms with van der Waals surface area (Å²) in [6.07, 6.45) is 3.15. The first kappa shape index (κ1) is 16.3. The van der Waals surface area contributed by atoms with Crippen molar-refractivity contribution >= 4 is 29.2 Å². The highest BCUT2D eigenvalue weighted by atomic mass is 16.2. The number of nitrogens with one attached hydrogen (secondary N) is 2. The average Bonchev–Trinajstić information content (AvgIpc) is 3.09. The Balaban J connectivity index is 1.62. The summed E-state index contributed by atoms with van der Waals surface area (Å²) in [5.41, 5.74) is 0.878. The van der Waals surface area contributed by atoms with Gasteiger partial charge in [-0.05, 0) is 37.1 Å². The van der Waals surface area contributed by atoms with Gasteiger partial charge >= 0.3 is 6.03 Å². The van der Waals surface area contributed by atoms with Gasteiger partial charge in [-0.15, -0.1) is 0 Å². The third kappa shape index (κ3) is 2.93. The predicted molar refractivity (Wildman–Crippen MR) is 90.8 cm³/mol. The smallest absolute Gasteiger partial charge is 0.325 e. The van der Waals surface area contributed by atoms with E-state index in [9.17, 15) is 14.4 Å². The Bertz CT molecular complexity index is 663. The van der Waals surface area contributed by atoms with E-state index in [1.807, 2.05) is 31.1 Å². The van der Waals surface area contributed by atoms with E-state index in [-0.39, 0.29) is 18.4 Å². The molecule has 2 aliphatic rings. The number of urea groups is 1. The minimum absolute atomic E-state index is 0.262. The molecule has 128 valence electrons. The number of anilines is 2. The molecule has 1 spiro atoms. The van der Waals surface area contributed by atoms with Gasteiger partial charge in [0.1, 0.15) is 12.1 Å². The number of nitrogens with zero attached hydrogens (tertiary/aromatic N) is 2. The van der Waals surface area contributed by atoms with Gasteiger partial charge in [0.15, 0.2) is 0 Å². The van der Waals surface area contributed by atoms with Crippen molar-refractivity contribution in [2.45, 2.75) is 31.2 Å². The van der Waals surface area contributed by atoms with E-state index in [1.54, 1.807) is 12.1 Å². The molecule has 0 bridgehead atoms. The number of hydrogen-bond donors (Lipinski definition) is 2. The molecule has 0 radical (unpaired) electrons. The van der Waals surface area contributed by atoms with Crippen molar-refractivity contribution in [2.24, 2.45) is 0 Å². The molecule has 1 aliphatic heterocycles. The second kappa shape index (κ2) is 6.14. The van der Waals surface area contributed by atoms with E-state index < -0.39 is 11.6 Å². The van der Waals surface area contributed by atoms with Crippen molar-refractivity contribution in [2.75, 3.05) is 30.9 Å². The summed E-state index contributed by atoms with van der Waals surface area (Å²) in [7, 11) is 3.87. The molecule has 1 saturated carbocycles. The summed E-state index contributed by atoms with van der Waals surface area (Å²) in [4.78, 5) is 39.7. The Kier molecular flexibility index (Phi) is 4.17. The van der Waals surface area contributed by atoms with Crippen molar-refractivity contribution in [3.63, 3.8) is 0 Å². The number of amides is 4. The summed E-state index contributed by atoms with van der Waals surface area (Å²) in [5.74, 6) is -0.658. The standard InChI is InChI=1S/C17H22N4O3/c1-20(2)13-7-5-12(6-8-13)18-14(22)11-21-15(23)17(19-16(21)24)9-3-4-10-17/h5-8H,3-4,9-11H2,1-2H3,(H,18,22)(H,19,24). The predicted octanol–water partition coefficient (Wildman–Crippen LogP) is 1.56. The van der Waals surface area contributed by atoms with Crippen LogP contribution in [0.25, 0.3) is 0 Å². The molecule has 2 N–H and O–H groups in total. The number of carbonyl (C=O) groups is 3. The number of hydrogen-bond acceptors (Lipinski definition) is 4. The summed E-state index contributed by atoms with van der Waals surface area (Å²) in [5, 5.41) is 5.49. The fraction of sp³-hybridized carbons (Fsp3) is 0.471. The van der Waals surface area contributed by atoms with Crippen LogP contribution in [0.5, 0.6) is 0 Å². The van der Waals surface area contributed by atoms with Crippen molar-refractivity contribution in [3.05, 3.63) is 24.3 Å². The normalized spacial score (nSPS) is 18.8. The number of carbonyl (C=O) groups excluding carboxylic acids is 3. The number of imide groups is 1. The van der Waals surface area contributed by atoms with E-state index in [2.05, 4.69) is 10.6 Å². The molecule has 1 saturated heterocycles. The van der Waals surface area contributed by atoms with Gasteiger partial charge in [-0.3, -0.25) is 14.5 Å². The maximum absolute atomic E-state index is 12.5. The highest BCUT2D eigenvalue weighted by Crippen LogP contribution is 2.34. The Morgan fingerprint density at radius 2 is 1.83 bits per heavy atom. The minimum atomic E-state index is -0.773. The van der Waals surface area contributed by atoms with Gasteiger partial charge in [0.05, 0.1) is 0 Å². The molecule has 7 nitrogen and oxygen atoms in total. The van der Waals surface area contributed by atoms with Crippen molar-refractivity contribution < 1.29 is 14.4 Å². The molecule has 7 heteroatoms. The van der Waals surface area contributed by atoms with Gasteiger partial charge in [-0.2, -0.15) is 0 Å². The van der Waals surface area contributed by atoms with E-state index in [4.69, 9.17) is 0 Å². The van der Waals surface area contributed by atoms with Gasteiger partial charge in [0, 0.05) is 25.5 Å². The minimum Gasteiger partial charge on any atom is -0.378 e. The fourth-order valence-electron chi connectivity index (χ4n) is 3.32. The van der Waals surface area contributed by atoms with Crippen LogP contribution >= 0.6 is 0 Å². The quantitative estimate of drug-likeness (QED) is 0.821. The van der Waals surface area contributed by atoms with Crippen LogP contribution in [0, 0.1) is 0 Å². The third-order valence-electron chi connectivity index (χ3n) is 4.67. The van der Waals surface area contributed by atoms with Gasteiger partial charge in [0.25, 0.3) is 5.91 Å². The second-order valence-corrected chi connectivity index (χ2v) is 6.60. The lowest BCUT2D eigenvalue weighted by Gasteiger charge is -2.19. The summed E-state index contributed by atoms with van der Waals surface area (Å²) < 4.78 is 0. The second-order valence-electron chi connectivity index (χ2n) is 6.60. The molecule has 0 aromatic heterocycles. The lowest BCUT2D eigenvalue weighted by Crippen LogP contribution is -2.44. The van der Waals surface area contributed by atoms with Crippen LogP contribution in [0.1, 0.15) is 25.7 Å². The lowest BCUT2D eigenvalue weighted by molar-refractivity contribution is -0.133. The van der Waals surface area contributed by atoms with E-state index in [1.165, 1.54) is 0 Å². The zero-order chi connectivity index (χ0) is 17.3. The summed E-state index contributed by atoms with van der Waals surface area (Å²) in [6.45, 7) is -0.262. The Morgan fingerprint density at radius 3 is 2.42 bits per heavy atom. The Hall–Kier alpha value is -2.57. The SMILES string of the molecule is CN(C)c1ccc(NC(=O)CN2C(=O)NC3(CCCC3)C2=O)cc1.